The lowest BCUT2D eigenvalue weighted by molar-refractivity contribution is 0.415. The van der Waals surface area contributed by atoms with Gasteiger partial charge in [0, 0.05) is 0 Å². The van der Waals surface area contributed by atoms with Crippen molar-refractivity contribution in [2.24, 2.45) is 10.7 Å². The number of ether oxygens (including phenoxy) is 1. The predicted octanol–water partition coefficient (Wildman–Crippen LogP) is 2.71. The highest BCUT2D eigenvalue weighted by Crippen LogP contribution is 2.36. The molecule has 1 aliphatic heterocycles. The van der Waals surface area contributed by atoms with E-state index >= 15 is 0 Å². The maximum atomic E-state index is 13.1. The Morgan fingerprint density at radius 1 is 1.19 bits per heavy atom. The van der Waals surface area contributed by atoms with Crippen molar-refractivity contribution in [3.8, 4) is 5.75 Å². The van der Waals surface area contributed by atoms with Gasteiger partial charge >= 0.3 is 0 Å². The van der Waals surface area contributed by atoms with Crippen LogP contribution in [0, 0.1) is 5.82 Å². The van der Waals surface area contributed by atoms with E-state index in [0.717, 1.165) is 17.0 Å². The first-order valence-corrected chi connectivity index (χ1v) is 6.68. The molecule has 2 aromatic rings. The van der Waals surface area contributed by atoms with Gasteiger partial charge in [-0.3, -0.25) is 9.89 Å². The summed E-state index contributed by atoms with van der Waals surface area (Å²) in [6.07, 6.45) is 0. The smallest absolute Gasteiger partial charge is 0.196 e. The van der Waals surface area contributed by atoms with E-state index in [-0.39, 0.29) is 11.9 Å². The zero-order valence-electron chi connectivity index (χ0n) is 11.7. The number of guanidine groups is 1. The number of hydrogen-bond acceptors (Lipinski definition) is 4. The molecule has 0 amide bonds. The van der Waals surface area contributed by atoms with Gasteiger partial charge in [-0.2, -0.15) is 0 Å². The molecule has 0 saturated heterocycles. The first-order chi connectivity index (χ1) is 10.2. The number of anilines is 1. The first kappa shape index (κ1) is 13.4. The molecular weight excluding hydrogens is 269 g/mol. The maximum Gasteiger partial charge on any atom is 0.196 e. The van der Waals surface area contributed by atoms with Crippen LogP contribution in [0.1, 0.15) is 11.6 Å². The van der Waals surface area contributed by atoms with Crippen molar-refractivity contribution < 1.29 is 9.13 Å². The minimum absolute atomic E-state index is 0.0538. The van der Waals surface area contributed by atoms with Crippen molar-refractivity contribution in [3.05, 3.63) is 59.9 Å². The zero-order chi connectivity index (χ0) is 14.8. The zero-order valence-corrected chi connectivity index (χ0v) is 11.7. The van der Waals surface area contributed by atoms with Crippen molar-refractivity contribution in [2.45, 2.75) is 6.04 Å². The summed E-state index contributed by atoms with van der Waals surface area (Å²) >= 11 is 0. The van der Waals surface area contributed by atoms with Crippen LogP contribution >= 0.6 is 0 Å². The summed E-state index contributed by atoms with van der Waals surface area (Å²) in [5, 5.41) is 0. The van der Waals surface area contributed by atoms with Gasteiger partial charge in [-0.25, -0.2) is 4.39 Å². The summed E-state index contributed by atoms with van der Waals surface area (Å²) in [5.74, 6) is 0.910. The number of hydrogen-bond donors (Lipinski definition) is 1. The van der Waals surface area contributed by atoms with E-state index in [1.54, 1.807) is 19.2 Å². The van der Waals surface area contributed by atoms with Crippen LogP contribution in [-0.2, 0) is 0 Å². The Kier molecular flexibility index (Phi) is 3.48. The van der Waals surface area contributed by atoms with Gasteiger partial charge in [0.05, 0.1) is 25.4 Å². The molecule has 0 bridgehead atoms. The Morgan fingerprint density at radius 3 is 2.62 bits per heavy atom. The van der Waals surface area contributed by atoms with Crippen molar-refractivity contribution >= 4 is 11.6 Å². The fourth-order valence-electron chi connectivity index (χ4n) is 2.56. The van der Waals surface area contributed by atoms with Crippen LogP contribution in [0.5, 0.6) is 5.75 Å². The van der Waals surface area contributed by atoms with Gasteiger partial charge in [-0.1, -0.05) is 24.3 Å². The second-order valence-electron chi connectivity index (χ2n) is 4.81. The quantitative estimate of drug-likeness (QED) is 0.943. The molecule has 0 aliphatic carbocycles. The number of methoxy groups -OCH3 is 1. The van der Waals surface area contributed by atoms with E-state index in [9.17, 15) is 4.39 Å². The Bertz CT molecular complexity index is 669. The molecule has 0 aromatic heterocycles. The normalized spacial score (nSPS) is 17.7. The summed E-state index contributed by atoms with van der Waals surface area (Å²) < 4.78 is 18.5. The topological polar surface area (TPSA) is 50.9 Å². The monoisotopic (exact) mass is 285 g/mol. The number of halogens is 1. The van der Waals surface area contributed by atoms with Crippen LogP contribution < -0.4 is 15.4 Å². The average molecular weight is 285 g/mol. The SMILES string of the molecule is COc1ccccc1N1C(N)=NCC1c1ccc(F)cc1. The van der Waals surface area contributed by atoms with Gasteiger partial charge in [-0.05, 0) is 29.8 Å². The molecule has 4 nitrogen and oxygen atoms in total. The van der Waals surface area contributed by atoms with Crippen LogP contribution in [0.15, 0.2) is 53.5 Å². The number of aliphatic imine (C=N–C) groups is 1. The number of para-hydroxylation sites is 2. The van der Waals surface area contributed by atoms with Crippen LogP contribution in [0.25, 0.3) is 0 Å². The second kappa shape index (κ2) is 5.44. The highest BCUT2D eigenvalue weighted by atomic mass is 19.1. The van der Waals surface area contributed by atoms with Crippen LogP contribution in [0.3, 0.4) is 0 Å². The molecule has 1 heterocycles. The van der Waals surface area contributed by atoms with E-state index < -0.39 is 0 Å². The molecule has 1 aliphatic rings. The summed E-state index contributed by atoms with van der Waals surface area (Å²) in [5.41, 5.74) is 7.86. The van der Waals surface area contributed by atoms with Gasteiger partial charge in [0.1, 0.15) is 11.6 Å². The molecule has 2 aromatic carbocycles. The molecule has 2 N–H and O–H groups in total. The van der Waals surface area contributed by atoms with Crippen LogP contribution in [0.2, 0.25) is 0 Å². The minimum atomic E-state index is -0.255. The summed E-state index contributed by atoms with van der Waals surface area (Å²) in [6.45, 7) is 0.537. The van der Waals surface area contributed by atoms with Gasteiger partial charge < -0.3 is 10.5 Å². The maximum absolute atomic E-state index is 13.1. The van der Waals surface area contributed by atoms with Gasteiger partial charge in [-0.15, -0.1) is 0 Å². The fourth-order valence-corrected chi connectivity index (χ4v) is 2.56. The van der Waals surface area contributed by atoms with E-state index in [4.69, 9.17) is 10.5 Å². The Morgan fingerprint density at radius 2 is 1.90 bits per heavy atom. The Balaban J connectivity index is 2.01. The molecule has 1 atom stereocenters. The lowest BCUT2D eigenvalue weighted by atomic mass is 10.1. The molecule has 21 heavy (non-hydrogen) atoms. The van der Waals surface area contributed by atoms with E-state index in [2.05, 4.69) is 4.99 Å². The van der Waals surface area contributed by atoms with Gasteiger partial charge in [0.2, 0.25) is 0 Å². The summed E-state index contributed by atoms with van der Waals surface area (Å²) in [7, 11) is 1.62. The Labute approximate surface area is 122 Å². The molecule has 3 rings (SSSR count). The fraction of sp³-hybridized carbons (Fsp3) is 0.188. The Hall–Kier alpha value is -2.56. The molecule has 108 valence electrons. The molecule has 0 spiro atoms. The lowest BCUT2D eigenvalue weighted by Crippen LogP contribution is -2.36. The third-order valence-corrected chi connectivity index (χ3v) is 3.58. The molecule has 1 unspecified atom stereocenters. The largest absolute Gasteiger partial charge is 0.495 e. The van der Waals surface area contributed by atoms with E-state index in [1.807, 2.05) is 29.2 Å². The number of benzene rings is 2. The van der Waals surface area contributed by atoms with Crippen LogP contribution in [-0.4, -0.2) is 19.6 Å². The number of rotatable bonds is 3. The average Bonchev–Trinajstić information content (AvgIpc) is 2.89. The van der Waals surface area contributed by atoms with Crippen molar-refractivity contribution in [1.82, 2.24) is 0 Å². The highest BCUT2D eigenvalue weighted by Gasteiger charge is 2.30. The third-order valence-electron chi connectivity index (χ3n) is 3.58. The van der Waals surface area contributed by atoms with Gasteiger partial charge in [0.15, 0.2) is 5.96 Å². The van der Waals surface area contributed by atoms with Gasteiger partial charge in [0.25, 0.3) is 0 Å². The number of nitrogens with two attached hydrogens (primary N) is 1. The molecule has 0 radical (unpaired) electrons. The summed E-state index contributed by atoms with van der Waals surface area (Å²) in [6, 6.07) is 14.0. The van der Waals surface area contributed by atoms with Crippen molar-refractivity contribution in [3.63, 3.8) is 0 Å². The minimum Gasteiger partial charge on any atom is -0.495 e. The molecule has 0 fully saturated rings. The van der Waals surface area contributed by atoms with E-state index in [0.29, 0.717) is 12.5 Å². The number of nitrogens with zero attached hydrogens (tertiary/aromatic N) is 2. The van der Waals surface area contributed by atoms with Crippen molar-refractivity contribution in [2.75, 3.05) is 18.6 Å². The standard InChI is InChI=1S/C16H16FN3O/c1-21-15-5-3-2-4-13(15)20-14(10-19-16(20)18)11-6-8-12(17)9-7-11/h2-9,14H,10H2,1H3,(H2,18,19). The summed E-state index contributed by atoms with van der Waals surface area (Å²) in [4.78, 5) is 6.24. The first-order valence-electron chi connectivity index (χ1n) is 6.68. The highest BCUT2D eigenvalue weighted by molar-refractivity contribution is 5.98. The van der Waals surface area contributed by atoms with Crippen molar-refractivity contribution in [1.29, 1.82) is 0 Å². The second-order valence-corrected chi connectivity index (χ2v) is 4.81. The molecule has 5 heteroatoms. The molecular formula is C16H16FN3O. The lowest BCUT2D eigenvalue weighted by Gasteiger charge is -2.28. The van der Waals surface area contributed by atoms with E-state index in [1.165, 1.54) is 12.1 Å². The predicted molar refractivity (Wildman–Crippen MR) is 81.1 cm³/mol. The molecule has 0 saturated carbocycles. The third kappa shape index (κ3) is 2.42. The van der Waals surface area contributed by atoms with Crippen LogP contribution in [0.4, 0.5) is 10.1 Å².